The molecule has 3 heteroatoms. The van der Waals surface area contributed by atoms with Crippen LogP contribution < -0.4 is 5.32 Å². The van der Waals surface area contributed by atoms with Crippen LogP contribution in [0.15, 0.2) is 42.6 Å². The number of hydrogen-bond donors (Lipinski definition) is 2. The average Bonchev–Trinajstić information content (AvgIpc) is 3.15. The minimum atomic E-state index is 0.282. The van der Waals surface area contributed by atoms with E-state index in [0.717, 1.165) is 16.6 Å². The van der Waals surface area contributed by atoms with E-state index in [1.165, 1.54) is 36.0 Å². The fraction of sp³-hybridized carbons (Fsp3) is 0.278. The average molecular weight is 277 g/mol. The van der Waals surface area contributed by atoms with E-state index < -0.39 is 0 Å². The minimum absolute atomic E-state index is 0.282. The van der Waals surface area contributed by atoms with E-state index in [2.05, 4.69) is 58.8 Å². The van der Waals surface area contributed by atoms with E-state index in [-0.39, 0.29) is 6.04 Å². The molecule has 0 aliphatic heterocycles. The van der Waals surface area contributed by atoms with Gasteiger partial charge in [-0.15, -0.1) is 0 Å². The molecule has 1 atom stereocenters. The first-order valence-electron chi connectivity index (χ1n) is 7.61. The predicted molar refractivity (Wildman–Crippen MR) is 86.6 cm³/mol. The second-order valence-corrected chi connectivity index (χ2v) is 5.89. The maximum Gasteiger partial charge on any atom is 0.0881 e. The zero-order chi connectivity index (χ0) is 14.2. The summed E-state index contributed by atoms with van der Waals surface area (Å²) in [6.45, 7) is 2.21. The Hall–Kier alpha value is -2.29. The highest BCUT2D eigenvalue weighted by molar-refractivity contribution is 5.90. The van der Waals surface area contributed by atoms with Gasteiger partial charge in [0.2, 0.25) is 0 Å². The summed E-state index contributed by atoms with van der Waals surface area (Å²) in [7, 11) is 0. The van der Waals surface area contributed by atoms with E-state index in [9.17, 15) is 0 Å². The number of aromatic amines is 1. The van der Waals surface area contributed by atoms with Gasteiger partial charge in [0.1, 0.15) is 0 Å². The van der Waals surface area contributed by atoms with Crippen molar-refractivity contribution in [3.8, 4) is 0 Å². The van der Waals surface area contributed by atoms with E-state index in [4.69, 9.17) is 0 Å². The topological polar surface area (TPSA) is 40.7 Å². The van der Waals surface area contributed by atoms with E-state index in [1.807, 2.05) is 6.20 Å². The number of fused-ring (bicyclic) bond motifs is 2. The van der Waals surface area contributed by atoms with E-state index in [0.29, 0.717) is 0 Å². The molecule has 1 unspecified atom stereocenters. The normalized spacial score (nSPS) is 15.1. The van der Waals surface area contributed by atoms with Gasteiger partial charge < -0.3 is 5.32 Å². The fourth-order valence-electron chi connectivity index (χ4n) is 3.27. The molecule has 0 bridgehead atoms. The van der Waals surface area contributed by atoms with Crippen molar-refractivity contribution in [1.82, 2.24) is 10.2 Å². The fourth-order valence-corrected chi connectivity index (χ4v) is 3.27. The van der Waals surface area contributed by atoms with Gasteiger partial charge in [-0.05, 0) is 48.9 Å². The van der Waals surface area contributed by atoms with Crippen LogP contribution in [0.3, 0.4) is 0 Å². The van der Waals surface area contributed by atoms with Gasteiger partial charge in [0.05, 0.1) is 17.4 Å². The first kappa shape index (κ1) is 12.5. The lowest BCUT2D eigenvalue weighted by Gasteiger charge is -2.17. The van der Waals surface area contributed by atoms with Crippen LogP contribution in [-0.2, 0) is 12.8 Å². The molecule has 0 amide bonds. The van der Waals surface area contributed by atoms with Crippen molar-refractivity contribution in [2.45, 2.75) is 32.2 Å². The van der Waals surface area contributed by atoms with Crippen LogP contribution in [0.1, 0.15) is 36.1 Å². The Balaban J connectivity index is 1.63. The second-order valence-electron chi connectivity index (χ2n) is 5.89. The van der Waals surface area contributed by atoms with Crippen molar-refractivity contribution in [3.05, 3.63) is 59.3 Å². The Bertz CT molecular complexity index is 788. The number of H-pyrrole nitrogens is 1. The van der Waals surface area contributed by atoms with E-state index in [1.54, 1.807) is 0 Å². The van der Waals surface area contributed by atoms with Crippen LogP contribution in [0.2, 0.25) is 0 Å². The maximum absolute atomic E-state index is 4.12. The number of anilines is 1. The van der Waals surface area contributed by atoms with Crippen molar-refractivity contribution in [2.24, 2.45) is 0 Å². The van der Waals surface area contributed by atoms with Crippen molar-refractivity contribution in [2.75, 3.05) is 5.32 Å². The molecule has 0 spiro atoms. The lowest BCUT2D eigenvalue weighted by atomic mass is 10.0. The summed E-state index contributed by atoms with van der Waals surface area (Å²) in [6.07, 6.45) is 5.63. The summed E-state index contributed by atoms with van der Waals surface area (Å²) >= 11 is 0. The first-order chi connectivity index (χ1) is 10.3. The predicted octanol–water partition coefficient (Wildman–Crippen LogP) is 4.22. The summed E-state index contributed by atoms with van der Waals surface area (Å²) in [5.41, 5.74) is 6.60. The smallest absolute Gasteiger partial charge is 0.0881 e. The van der Waals surface area contributed by atoms with Crippen LogP contribution in [0, 0.1) is 0 Å². The third kappa shape index (κ3) is 2.19. The molecule has 1 aliphatic carbocycles. The quantitative estimate of drug-likeness (QED) is 0.752. The molecular formula is C18H19N3. The number of nitrogens with zero attached hydrogens (tertiary/aromatic N) is 1. The molecule has 21 heavy (non-hydrogen) atoms. The lowest BCUT2D eigenvalue weighted by molar-refractivity contribution is 0.880. The van der Waals surface area contributed by atoms with Crippen LogP contribution >= 0.6 is 0 Å². The second kappa shape index (κ2) is 4.92. The van der Waals surface area contributed by atoms with Crippen LogP contribution in [-0.4, -0.2) is 10.2 Å². The van der Waals surface area contributed by atoms with Gasteiger partial charge in [-0.1, -0.05) is 30.3 Å². The standard InChI is InChI=1S/C18H19N3/c1-12(14-9-8-13-4-2-5-15(13)10-14)20-17-7-3-6-16-11-19-21-18(16)17/h3,6-12,20H,2,4-5H2,1H3,(H,19,21). The molecule has 0 saturated carbocycles. The van der Waals surface area contributed by atoms with Crippen molar-refractivity contribution >= 4 is 16.6 Å². The molecule has 0 radical (unpaired) electrons. The molecule has 106 valence electrons. The van der Waals surface area contributed by atoms with Crippen LogP contribution in [0.5, 0.6) is 0 Å². The Morgan fingerprint density at radius 1 is 1.14 bits per heavy atom. The highest BCUT2D eigenvalue weighted by atomic mass is 15.1. The third-order valence-corrected chi connectivity index (χ3v) is 4.47. The Morgan fingerprint density at radius 2 is 2.05 bits per heavy atom. The number of rotatable bonds is 3. The van der Waals surface area contributed by atoms with Crippen molar-refractivity contribution in [1.29, 1.82) is 0 Å². The van der Waals surface area contributed by atoms with Crippen LogP contribution in [0.4, 0.5) is 5.69 Å². The van der Waals surface area contributed by atoms with Gasteiger partial charge in [-0.2, -0.15) is 5.10 Å². The van der Waals surface area contributed by atoms with Crippen molar-refractivity contribution in [3.63, 3.8) is 0 Å². The number of para-hydroxylation sites is 1. The molecule has 2 aromatic carbocycles. The van der Waals surface area contributed by atoms with Gasteiger partial charge in [-0.25, -0.2) is 0 Å². The summed E-state index contributed by atoms with van der Waals surface area (Å²) in [5, 5.41) is 11.9. The minimum Gasteiger partial charge on any atom is -0.377 e. The molecule has 1 aromatic heterocycles. The Morgan fingerprint density at radius 3 is 3.00 bits per heavy atom. The lowest BCUT2D eigenvalue weighted by Crippen LogP contribution is -2.07. The highest BCUT2D eigenvalue weighted by Crippen LogP contribution is 2.28. The molecule has 2 N–H and O–H groups in total. The number of aryl methyl sites for hydroxylation is 2. The molecule has 1 aliphatic rings. The molecule has 0 saturated heterocycles. The van der Waals surface area contributed by atoms with Gasteiger partial charge in [0.25, 0.3) is 0 Å². The summed E-state index contributed by atoms with van der Waals surface area (Å²) in [5.74, 6) is 0. The molecule has 3 aromatic rings. The zero-order valence-electron chi connectivity index (χ0n) is 12.2. The van der Waals surface area contributed by atoms with Gasteiger partial charge >= 0.3 is 0 Å². The molecule has 4 rings (SSSR count). The Labute approximate surface area is 124 Å². The zero-order valence-corrected chi connectivity index (χ0v) is 12.2. The summed E-state index contributed by atoms with van der Waals surface area (Å²) < 4.78 is 0. The SMILES string of the molecule is CC(Nc1cccc2cn[nH]c12)c1ccc2c(c1)CCC2. The Kier molecular flexibility index (Phi) is 2.92. The summed E-state index contributed by atoms with van der Waals surface area (Å²) in [4.78, 5) is 0. The third-order valence-electron chi connectivity index (χ3n) is 4.47. The van der Waals surface area contributed by atoms with Gasteiger partial charge in [0, 0.05) is 11.4 Å². The van der Waals surface area contributed by atoms with Gasteiger partial charge in [-0.3, -0.25) is 5.10 Å². The maximum atomic E-state index is 4.12. The first-order valence-corrected chi connectivity index (χ1v) is 7.61. The number of benzene rings is 2. The monoisotopic (exact) mass is 277 g/mol. The molecular weight excluding hydrogens is 258 g/mol. The molecule has 1 heterocycles. The van der Waals surface area contributed by atoms with Crippen LogP contribution in [0.25, 0.3) is 10.9 Å². The highest BCUT2D eigenvalue weighted by Gasteiger charge is 2.14. The molecule has 3 nitrogen and oxygen atoms in total. The number of aromatic nitrogens is 2. The molecule has 0 fully saturated rings. The number of hydrogen-bond acceptors (Lipinski definition) is 2. The van der Waals surface area contributed by atoms with Gasteiger partial charge in [0.15, 0.2) is 0 Å². The van der Waals surface area contributed by atoms with E-state index >= 15 is 0 Å². The summed E-state index contributed by atoms with van der Waals surface area (Å²) in [6, 6.07) is 13.4. The number of nitrogens with one attached hydrogen (secondary N) is 2. The largest absolute Gasteiger partial charge is 0.377 e. The van der Waals surface area contributed by atoms with Crippen molar-refractivity contribution < 1.29 is 0 Å².